The first kappa shape index (κ1) is 15.3. The smallest absolute Gasteiger partial charge is 0.407 e. The number of rotatable bonds is 4. The van der Waals surface area contributed by atoms with Crippen molar-refractivity contribution in [1.29, 1.82) is 0 Å². The van der Waals surface area contributed by atoms with Gasteiger partial charge in [0.25, 0.3) is 0 Å². The quantitative estimate of drug-likeness (QED) is 0.909. The van der Waals surface area contributed by atoms with Crippen LogP contribution < -0.4 is 10.1 Å². The van der Waals surface area contributed by atoms with Crippen LogP contribution in [0.25, 0.3) is 0 Å². The normalized spacial score (nSPS) is 12.7. The molecule has 0 heterocycles. The van der Waals surface area contributed by atoms with E-state index in [0.717, 1.165) is 17.7 Å². The summed E-state index contributed by atoms with van der Waals surface area (Å²) in [6.07, 6.45) is 0.346. The van der Waals surface area contributed by atoms with Crippen LogP contribution in [0.15, 0.2) is 24.3 Å². The standard InChI is InChI=1S/C15H23NO3/c1-11(16-14(17)19-15(2,3)4)9-12-7-6-8-13(10-12)18-5/h6-8,10-11H,9H2,1-5H3,(H,16,17)/t11-/m0/s1. The van der Waals surface area contributed by atoms with Gasteiger partial charge >= 0.3 is 6.09 Å². The largest absolute Gasteiger partial charge is 0.497 e. The van der Waals surface area contributed by atoms with Gasteiger partial charge in [0.05, 0.1) is 7.11 Å². The Morgan fingerprint density at radius 1 is 1.37 bits per heavy atom. The van der Waals surface area contributed by atoms with Crippen LogP contribution in [0, 0.1) is 0 Å². The third-order valence-electron chi connectivity index (χ3n) is 2.44. The molecule has 1 aromatic rings. The van der Waals surface area contributed by atoms with Gasteiger partial charge in [-0.05, 0) is 51.8 Å². The number of carbonyl (C=O) groups is 1. The predicted molar refractivity (Wildman–Crippen MR) is 75.5 cm³/mol. The van der Waals surface area contributed by atoms with Gasteiger partial charge in [0.15, 0.2) is 0 Å². The summed E-state index contributed by atoms with van der Waals surface area (Å²) < 4.78 is 10.4. The molecular weight excluding hydrogens is 242 g/mol. The zero-order valence-electron chi connectivity index (χ0n) is 12.3. The molecule has 0 aliphatic rings. The molecule has 0 saturated carbocycles. The summed E-state index contributed by atoms with van der Waals surface area (Å²) >= 11 is 0. The summed E-state index contributed by atoms with van der Waals surface area (Å²) in [5.41, 5.74) is 0.641. The van der Waals surface area contributed by atoms with Crippen LogP contribution in [0.3, 0.4) is 0 Å². The Kier molecular flexibility index (Phi) is 5.21. The van der Waals surface area contributed by atoms with E-state index in [0.29, 0.717) is 0 Å². The van der Waals surface area contributed by atoms with Crippen molar-refractivity contribution in [3.05, 3.63) is 29.8 Å². The van der Waals surface area contributed by atoms with E-state index >= 15 is 0 Å². The highest BCUT2D eigenvalue weighted by Gasteiger charge is 2.17. The van der Waals surface area contributed by atoms with E-state index < -0.39 is 5.60 Å². The van der Waals surface area contributed by atoms with Gasteiger partial charge in [0.2, 0.25) is 0 Å². The monoisotopic (exact) mass is 265 g/mol. The number of ether oxygens (including phenoxy) is 2. The summed E-state index contributed by atoms with van der Waals surface area (Å²) in [5.74, 6) is 0.821. The van der Waals surface area contributed by atoms with Crippen molar-refractivity contribution in [3.63, 3.8) is 0 Å². The molecule has 1 amide bonds. The van der Waals surface area contributed by atoms with Gasteiger partial charge in [0, 0.05) is 6.04 Å². The van der Waals surface area contributed by atoms with Crippen LogP contribution in [-0.4, -0.2) is 24.8 Å². The lowest BCUT2D eigenvalue weighted by Crippen LogP contribution is -2.38. The second-order valence-corrected chi connectivity index (χ2v) is 5.60. The van der Waals surface area contributed by atoms with Crippen molar-refractivity contribution in [2.75, 3.05) is 7.11 Å². The van der Waals surface area contributed by atoms with Gasteiger partial charge < -0.3 is 14.8 Å². The van der Waals surface area contributed by atoms with Crippen molar-refractivity contribution < 1.29 is 14.3 Å². The maximum atomic E-state index is 11.6. The number of nitrogens with one attached hydrogen (secondary N) is 1. The maximum Gasteiger partial charge on any atom is 0.407 e. The van der Waals surface area contributed by atoms with Crippen LogP contribution >= 0.6 is 0 Å². The summed E-state index contributed by atoms with van der Waals surface area (Å²) in [6, 6.07) is 7.81. The van der Waals surface area contributed by atoms with Gasteiger partial charge in [-0.3, -0.25) is 0 Å². The van der Waals surface area contributed by atoms with Crippen molar-refractivity contribution in [1.82, 2.24) is 5.32 Å². The number of amides is 1. The number of alkyl carbamates (subject to hydrolysis) is 1. The lowest BCUT2D eigenvalue weighted by molar-refractivity contribution is 0.0508. The minimum absolute atomic E-state index is 0.00181. The molecule has 0 aliphatic carbocycles. The van der Waals surface area contributed by atoms with Gasteiger partial charge in [-0.25, -0.2) is 4.79 Å². The topological polar surface area (TPSA) is 47.6 Å². The lowest BCUT2D eigenvalue weighted by Gasteiger charge is -2.22. The minimum atomic E-state index is -0.472. The zero-order chi connectivity index (χ0) is 14.5. The summed E-state index contributed by atoms with van der Waals surface area (Å²) in [5, 5.41) is 2.82. The van der Waals surface area contributed by atoms with Gasteiger partial charge in [-0.15, -0.1) is 0 Å². The van der Waals surface area contributed by atoms with Crippen LogP contribution in [-0.2, 0) is 11.2 Å². The lowest BCUT2D eigenvalue weighted by atomic mass is 10.1. The van der Waals surface area contributed by atoms with Crippen molar-refractivity contribution in [3.8, 4) is 5.75 Å². The highest BCUT2D eigenvalue weighted by Crippen LogP contribution is 2.14. The molecule has 0 bridgehead atoms. The van der Waals surface area contributed by atoms with Crippen molar-refractivity contribution in [2.45, 2.75) is 45.8 Å². The second kappa shape index (κ2) is 6.45. The molecule has 0 unspecified atom stereocenters. The maximum absolute atomic E-state index is 11.6. The fourth-order valence-electron chi connectivity index (χ4n) is 1.71. The summed E-state index contributed by atoms with van der Waals surface area (Å²) in [6.45, 7) is 7.49. The predicted octanol–water partition coefficient (Wildman–Crippen LogP) is 3.15. The van der Waals surface area contributed by atoms with Crippen molar-refractivity contribution >= 4 is 6.09 Å². The molecule has 1 N–H and O–H groups in total. The SMILES string of the molecule is COc1cccc(C[C@H](C)NC(=O)OC(C)(C)C)c1. The highest BCUT2D eigenvalue weighted by molar-refractivity contribution is 5.68. The molecule has 106 valence electrons. The van der Waals surface area contributed by atoms with E-state index in [1.807, 2.05) is 52.0 Å². The van der Waals surface area contributed by atoms with E-state index in [2.05, 4.69) is 5.32 Å². The van der Waals surface area contributed by atoms with Gasteiger partial charge in [-0.1, -0.05) is 12.1 Å². The van der Waals surface area contributed by atoms with E-state index in [1.165, 1.54) is 0 Å². The molecule has 0 spiro atoms. The van der Waals surface area contributed by atoms with Crippen LogP contribution in [0.1, 0.15) is 33.3 Å². The Morgan fingerprint density at radius 2 is 2.05 bits per heavy atom. The van der Waals surface area contributed by atoms with Gasteiger partial charge in [0.1, 0.15) is 11.4 Å². The van der Waals surface area contributed by atoms with E-state index in [1.54, 1.807) is 7.11 Å². The zero-order valence-corrected chi connectivity index (χ0v) is 12.3. The number of carbonyl (C=O) groups excluding carboxylic acids is 1. The third kappa shape index (κ3) is 6.13. The second-order valence-electron chi connectivity index (χ2n) is 5.60. The molecule has 1 rings (SSSR count). The summed E-state index contributed by atoms with van der Waals surface area (Å²) in [7, 11) is 1.64. The Hall–Kier alpha value is -1.71. The molecule has 0 aromatic heterocycles. The van der Waals surface area contributed by atoms with Crippen LogP contribution in [0.5, 0.6) is 5.75 Å². The Labute approximate surface area is 115 Å². The molecular formula is C15H23NO3. The van der Waals surface area contributed by atoms with E-state index in [9.17, 15) is 4.79 Å². The Bertz CT molecular complexity index is 424. The first-order valence-corrected chi connectivity index (χ1v) is 6.42. The van der Waals surface area contributed by atoms with Crippen molar-refractivity contribution in [2.24, 2.45) is 0 Å². The van der Waals surface area contributed by atoms with Gasteiger partial charge in [-0.2, -0.15) is 0 Å². The Balaban J connectivity index is 2.50. The average molecular weight is 265 g/mol. The van der Waals surface area contributed by atoms with Crippen LogP contribution in [0.2, 0.25) is 0 Å². The first-order chi connectivity index (χ1) is 8.80. The molecule has 1 atom stereocenters. The number of benzene rings is 1. The number of hydrogen-bond donors (Lipinski definition) is 1. The summed E-state index contributed by atoms with van der Waals surface area (Å²) in [4.78, 5) is 11.6. The highest BCUT2D eigenvalue weighted by atomic mass is 16.6. The Morgan fingerprint density at radius 3 is 2.63 bits per heavy atom. The van der Waals surface area contributed by atoms with E-state index in [4.69, 9.17) is 9.47 Å². The minimum Gasteiger partial charge on any atom is -0.497 e. The molecule has 1 aromatic carbocycles. The molecule has 0 fully saturated rings. The third-order valence-corrected chi connectivity index (χ3v) is 2.44. The number of methoxy groups -OCH3 is 1. The molecule has 0 saturated heterocycles. The average Bonchev–Trinajstić information content (AvgIpc) is 2.26. The number of hydrogen-bond acceptors (Lipinski definition) is 3. The van der Waals surface area contributed by atoms with E-state index in [-0.39, 0.29) is 12.1 Å². The fourth-order valence-corrected chi connectivity index (χ4v) is 1.71. The molecule has 0 aliphatic heterocycles. The fraction of sp³-hybridized carbons (Fsp3) is 0.533. The molecule has 4 nitrogen and oxygen atoms in total. The molecule has 4 heteroatoms. The molecule has 19 heavy (non-hydrogen) atoms. The van der Waals surface area contributed by atoms with Crippen LogP contribution in [0.4, 0.5) is 4.79 Å². The first-order valence-electron chi connectivity index (χ1n) is 6.42. The molecule has 0 radical (unpaired) electrons.